The number of hydrogen-bond acceptors (Lipinski definition) is 3. The Morgan fingerprint density at radius 2 is 2.10 bits per heavy atom. The van der Waals surface area contributed by atoms with Gasteiger partial charge in [0.25, 0.3) is 0 Å². The molecule has 0 radical (unpaired) electrons. The highest BCUT2D eigenvalue weighted by Crippen LogP contribution is 2.28. The van der Waals surface area contributed by atoms with Crippen LogP contribution in [-0.2, 0) is 4.74 Å². The van der Waals surface area contributed by atoms with Crippen LogP contribution in [0.5, 0.6) is 0 Å². The molecule has 5 heteroatoms. The zero-order valence-corrected chi connectivity index (χ0v) is 13.0. The summed E-state index contributed by atoms with van der Waals surface area (Å²) in [4.78, 5) is 6.65. The molecule has 0 aromatic heterocycles. The van der Waals surface area contributed by atoms with Crippen LogP contribution in [0.25, 0.3) is 0 Å². The van der Waals surface area contributed by atoms with E-state index in [-0.39, 0.29) is 0 Å². The second-order valence-corrected chi connectivity index (χ2v) is 6.17. The second kappa shape index (κ2) is 8.47. The number of aliphatic imine (C=N–C) groups is 1. The third-order valence-corrected chi connectivity index (χ3v) is 4.08. The Bertz CT molecular complexity index is 304. The van der Waals surface area contributed by atoms with E-state index in [4.69, 9.17) is 4.74 Å². The SMILES string of the molecule is CN=C(NCCCOCC1CC1)NCC1CCN(C)C1. The minimum Gasteiger partial charge on any atom is -0.381 e. The molecule has 1 aliphatic carbocycles. The maximum Gasteiger partial charge on any atom is 0.190 e. The van der Waals surface area contributed by atoms with Gasteiger partial charge in [-0.3, -0.25) is 4.99 Å². The molecule has 0 amide bonds. The van der Waals surface area contributed by atoms with Gasteiger partial charge in [-0.15, -0.1) is 0 Å². The Kier molecular flexibility index (Phi) is 6.60. The van der Waals surface area contributed by atoms with Crippen molar-refractivity contribution < 1.29 is 4.74 Å². The maximum atomic E-state index is 5.62. The van der Waals surface area contributed by atoms with Crippen LogP contribution in [0.15, 0.2) is 4.99 Å². The molecule has 1 aliphatic heterocycles. The monoisotopic (exact) mass is 282 g/mol. The molecule has 2 fully saturated rings. The molecule has 0 bridgehead atoms. The molecule has 5 nitrogen and oxygen atoms in total. The van der Waals surface area contributed by atoms with Gasteiger partial charge in [-0.05, 0) is 51.1 Å². The van der Waals surface area contributed by atoms with Gasteiger partial charge in [0.15, 0.2) is 5.96 Å². The van der Waals surface area contributed by atoms with Gasteiger partial charge < -0.3 is 20.3 Å². The lowest BCUT2D eigenvalue weighted by molar-refractivity contribution is 0.123. The summed E-state index contributed by atoms with van der Waals surface area (Å²) in [6.45, 7) is 6.17. The van der Waals surface area contributed by atoms with E-state index in [9.17, 15) is 0 Å². The first-order chi connectivity index (χ1) is 9.78. The highest BCUT2D eigenvalue weighted by molar-refractivity contribution is 5.79. The fraction of sp³-hybridized carbons (Fsp3) is 0.933. The standard InChI is InChI=1S/C15H30N4O/c1-16-15(18-10-14-6-8-19(2)11-14)17-7-3-9-20-12-13-4-5-13/h13-14H,3-12H2,1-2H3,(H2,16,17,18). The molecule has 2 N–H and O–H groups in total. The van der Waals surface area contributed by atoms with Crippen LogP contribution in [0.2, 0.25) is 0 Å². The van der Waals surface area contributed by atoms with Crippen molar-refractivity contribution in [2.24, 2.45) is 16.8 Å². The van der Waals surface area contributed by atoms with Gasteiger partial charge in [0, 0.05) is 39.9 Å². The molecule has 2 aliphatic rings. The molecule has 1 unspecified atom stereocenters. The molecule has 0 spiro atoms. The topological polar surface area (TPSA) is 48.9 Å². The quantitative estimate of drug-likeness (QED) is 0.395. The Hall–Kier alpha value is -0.810. The van der Waals surface area contributed by atoms with Crippen molar-refractivity contribution in [2.75, 3.05) is 53.5 Å². The third kappa shape index (κ3) is 6.09. The van der Waals surface area contributed by atoms with Crippen molar-refractivity contribution in [1.29, 1.82) is 0 Å². The molecule has 0 aromatic rings. The molecule has 1 heterocycles. The third-order valence-electron chi connectivity index (χ3n) is 4.08. The van der Waals surface area contributed by atoms with Crippen molar-refractivity contribution >= 4 is 5.96 Å². The van der Waals surface area contributed by atoms with Gasteiger partial charge in [0.1, 0.15) is 0 Å². The highest BCUT2D eigenvalue weighted by atomic mass is 16.5. The molecule has 2 rings (SSSR count). The summed E-state index contributed by atoms with van der Waals surface area (Å²) < 4.78 is 5.62. The van der Waals surface area contributed by atoms with Crippen molar-refractivity contribution in [3.8, 4) is 0 Å². The van der Waals surface area contributed by atoms with Gasteiger partial charge in [-0.25, -0.2) is 0 Å². The first-order valence-corrected chi connectivity index (χ1v) is 7.98. The van der Waals surface area contributed by atoms with E-state index >= 15 is 0 Å². The lowest BCUT2D eigenvalue weighted by Gasteiger charge is -2.15. The highest BCUT2D eigenvalue weighted by Gasteiger charge is 2.21. The van der Waals surface area contributed by atoms with Crippen LogP contribution in [0.1, 0.15) is 25.7 Å². The van der Waals surface area contributed by atoms with Gasteiger partial charge in [0.2, 0.25) is 0 Å². The van der Waals surface area contributed by atoms with Crippen LogP contribution < -0.4 is 10.6 Å². The number of rotatable bonds is 8. The predicted molar refractivity (Wildman–Crippen MR) is 83.1 cm³/mol. The molecular weight excluding hydrogens is 252 g/mol. The molecule has 0 aromatic carbocycles. The molecular formula is C15H30N4O. The first kappa shape index (κ1) is 15.6. The number of hydrogen-bond donors (Lipinski definition) is 2. The van der Waals surface area contributed by atoms with Crippen LogP contribution in [0, 0.1) is 11.8 Å². The lowest BCUT2D eigenvalue weighted by atomic mass is 10.1. The van der Waals surface area contributed by atoms with Crippen molar-refractivity contribution in [1.82, 2.24) is 15.5 Å². The Morgan fingerprint density at radius 3 is 2.75 bits per heavy atom. The number of nitrogens with zero attached hydrogens (tertiary/aromatic N) is 2. The zero-order valence-electron chi connectivity index (χ0n) is 13.0. The van der Waals surface area contributed by atoms with E-state index in [2.05, 4.69) is 27.6 Å². The van der Waals surface area contributed by atoms with Crippen molar-refractivity contribution in [3.05, 3.63) is 0 Å². The summed E-state index contributed by atoms with van der Waals surface area (Å²) in [5, 5.41) is 6.78. The normalized spacial score (nSPS) is 24.1. The summed E-state index contributed by atoms with van der Waals surface area (Å²) in [6.07, 6.45) is 5.06. The summed E-state index contributed by atoms with van der Waals surface area (Å²) in [7, 11) is 4.02. The maximum absolute atomic E-state index is 5.62. The smallest absolute Gasteiger partial charge is 0.190 e. The number of likely N-dealkylation sites (tertiary alicyclic amines) is 1. The summed E-state index contributed by atoms with van der Waals surface area (Å²) in [5.74, 6) is 2.53. The zero-order chi connectivity index (χ0) is 14.2. The van der Waals surface area contributed by atoms with Gasteiger partial charge in [-0.2, -0.15) is 0 Å². The van der Waals surface area contributed by atoms with Crippen LogP contribution in [0.3, 0.4) is 0 Å². The van der Waals surface area contributed by atoms with Crippen LogP contribution in [-0.4, -0.2) is 64.3 Å². The van der Waals surface area contributed by atoms with E-state index < -0.39 is 0 Å². The van der Waals surface area contributed by atoms with Crippen molar-refractivity contribution in [3.63, 3.8) is 0 Å². The van der Waals surface area contributed by atoms with E-state index in [1.807, 2.05) is 7.05 Å². The average Bonchev–Trinajstić information content (AvgIpc) is 3.18. The largest absolute Gasteiger partial charge is 0.381 e. The number of guanidine groups is 1. The minimum atomic E-state index is 0.750. The fourth-order valence-electron chi connectivity index (χ4n) is 2.57. The summed E-state index contributed by atoms with van der Waals surface area (Å²) in [5.41, 5.74) is 0. The van der Waals surface area contributed by atoms with Gasteiger partial charge >= 0.3 is 0 Å². The predicted octanol–water partition coefficient (Wildman–Crippen LogP) is 0.920. The lowest BCUT2D eigenvalue weighted by Crippen LogP contribution is -2.40. The molecule has 20 heavy (non-hydrogen) atoms. The van der Waals surface area contributed by atoms with E-state index in [0.717, 1.165) is 50.5 Å². The van der Waals surface area contributed by atoms with Crippen LogP contribution >= 0.6 is 0 Å². The first-order valence-electron chi connectivity index (χ1n) is 7.98. The fourth-order valence-corrected chi connectivity index (χ4v) is 2.57. The van der Waals surface area contributed by atoms with Crippen molar-refractivity contribution in [2.45, 2.75) is 25.7 Å². The number of nitrogens with one attached hydrogen (secondary N) is 2. The van der Waals surface area contributed by atoms with E-state index in [1.165, 1.54) is 32.4 Å². The Morgan fingerprint density at radius 1 is 1.25 bits per heavy atom. The van der Waals surface area contributed by atoms with Gasteiger partial charge in [-0.1, -0.05) is 0 Å². The van der Waals surface area contributed by atoms with E-state index in [1.54, 1.807) is 0 Å². The van der Waals surface area contributed by atoms with Crippen LogP contribution in [0.4, 0.5) is 0 Å². The van der Waals surface area contributed by atoms with E-state index in [0.29, 0.717) is 0 Å². The number of ether oxygens (including phenoxy) is 1. The second-order valence-electron chi connectivity index (χ2n) is 6.17. The summed E-state index contributed by atoms with van der Waals surface area (Å²) in [6, 6.07) is 0. The Labute approximate surface area is 123 Å². The average molecular weight is 282 g/mol. The molecule has 116 valence electrons. The minimum absolute atomic E-state index is 0.750. The molecule has 1 atom stereocenters. The Balaban J connectivity index is 1.46. The molecule has 1 saturated carbocycles. The summed E-state index contributed by atoms with van der Waals surface area (Å²) >= 11 is 0. The van der Waals surface area contributed by atoms with Gasteiger partial charge in [0.05, 0.1) is 0 Å². The molecule has 1 saturated heterocycles.